The number of ether oxygens (including phenoxy) is 3. The summed E-state index contributed by atoms with van der Waals surface area (Å²) in [5.41, 5.74) is 1.39. The fraction of sp³-hybridized carbons (Fsp3) is 0.350. The van der Waals surface area contributed by atoms with Crippen LogP contribution in [0.5, 0.6) is 17.2 Å². The van der Waals surface area contributed by atoms with Crippen LogP contribution in [0.1, 0.15) is 10.4 Å². The third-order valence-corrected chi connectivity index (χ3v) is 4.93. The van der Waals surface area contributed by atoms with E-state index in [9.17, 15) is 4.79 Å². The van der Waals surface area contributed by atoms with Gasteiger partial charge in [-0.2, -0.15) is 0 Å². The highest BCUT2D eigenvalue weighted by molar-refractivity contribution is 6.30. The second-order valence-electron chi connectivity index (χ2n) is 6.13. The molecule has 0 unspecified atom stereocenters. The van der Waals surface area contributed by atoms with Crippen molar-refractivity contribution in [3.05, 3.63) is 47.0 Å². The van der Waals surface area contributed by atoms with Crippen LogP contribution in [-0.4, -0.2) is 58.3 Å². The number of carbonyl (C=O) groups excluding carboxylic acids is 1. The molecular formula is C20H23ClN2O4. The van der Waals surface area contributed by atoms with Gasteiger partial charge in [0.1, 0.15) is 22.8 Å². The molecular weight excluding hydrogens is 368 g/mol. The Balaban J connectivity index is 1.77. The van der Waals surface area contributed by atoms with Gasteiger partial charge in [0.25, 0.3) is 5.91 Å². The lowest BCUT2D eigenvalue weighted by Crippen LogP contribution is -2.49. The molecule has 0 saturated carbocycles. The van der Waals surface area contributed by atoms with Gasteiger partial charge in [-0.25, -0.2) is 0 Å². The molecule has 0 aromatic heterocycles. The van der Waals surface area contributed by atoms with Crippen molar-refractivity contribution in [2.24, 2.45) is 0 Å². The fourth-order valence-corrected chi connectivity index (χ4v) is 3.45. The first-order valence-corrected chi connectivity index (χ1v) is 9.05. The molecule has 1 amide bonds. The van der Waals surface area contributed by atoms with E-state index < -0.39 is 0 Å². The van der Waals surface area contributed by atoms with E-state index in [1.54, 1.807) is 45.6 Å². The lowest BCUT2D eigenvalue weighted by atomic mass is 10.1. The van der Waals surface area contributed by atoms with Gasteiger partial charge in [-0.05, 0) is 30.3 Å². The maximum atomic E-state index is 13.1. The van der Waals surface area contributed by atoms with Crippen molar-refractivity contribution in [1.82, 2.24) is 4.90 Å². The predicted octanol–water partition coefficient (Wildman–Crippen LogP) is 3.33. The molecule has 0 bridgehead atoms. The Morgan fingerprint density at radius 1 is 0.889 bits per heavy atom. The normalized spacial score (nSPS) is 14.1. The van der Waals surface area contributed by atoms with Crippen LogP contribution >= 0.6 is 11.6 Å². The largest absolute Gasteiger partial charge is 0.496 e. The Morgan fingerprint density at radius 2 is 1.48 bits per heavy atom. The standard InChI is InChI=1S/C20H23ClN2O4/c1-25-16-8-7-14(21)13-15(16)22-9-11-23(12-10-22)20(24)19-17(26-2)5-4-6-18(19)27-3/h4-8,13H,9-12H2,1-3H3. The number of halogens is 1. The molecule has 1 heterocycles. The zero-order valence-corrected chi connectivity index (χ0v) is 16.5. The summed E-state index contributed by atoms with van der Waals surface area (Å²) in [6, 6.07) is 10.9. The monoisotopic (exact) mass is 390 g/mol. The third-order valence-electron chi connectivity index (χ3n) is 4.69. The van der Waals surface area contributed by atoms with Gasteiger partial charge >= 0.3 is 0 Å². The van der Waals surface area contributed by atoms with Gasteiger partial charge in [-0.1, -0.05) is 17.7 Å². The number of rotatable bonds is 5. The van der Waals surface area contributed by atoms with Crippen LogP contribution in [0.2, 0.25) is 5.02 Å². The van der Waals surface area contributed by atoms with Crippen molar-refractivity contribution < 1.29 is 19.0 Å². The second-order valence-corrected chi connectivity index (χ2v) is 6.57. The van der Waals surface area contributed by atoms with Gasteiger partial charge in [0.15, 0.2) is 0 Å². The number of carbonyl (C=O) groups is 1. The summed E-state index contributed by atoms with van der Waals surface area (Å²) >= 11 is 6.14. The number of hydrogen-bond acceptors (Lipinski definition) is 5. The first kappa shape index (κ1) is 19.2. The maximum Gasteiger partial charge on any atom is 0.261 e. The molecule has 0 N–H and O–H groups in total. The Hall–Kier alpha value is -2.60. The average molecular weight is 391 g/mol. The number of nitrogens with zero attached hydrogens (tertiary/aromatic N) is 2. The Labute approximate surface area is 164 Å². The summed E-state index contributed by atoms with van der Waals surface area (Å²) < 4.78 is 16.2. The van der Waals surface area contributed by atoms with Crippen molar-refractivity contribution in [1.29, 1.82) is 0 Å². The fourth-order valence-electron chi connectivity index (χ4n) is 3.28. The Bertz CT molecular complexity index is 797. The second kappa shape index (κ2) is 8.39. The molecule has 6 nitrogen and oxygen atoms in total. The zero-order valence-electron chi connectivity index (χ0n) is 15.7. The SMILES string of the molecule is COc1ccc(Cl)cc1N1CCN(C(=O)c2c(OC)cccc2OC)CC1. The van der Waals surface area contributed by atoms with E-state index in [1.807, 2.05) is 17.0 Å². The van der Waals surface area contributed by atoms with Gasteiger partial charge in [0.2, 0.25) is 0 Å². The molecule has 2 aromatic rings. The summed E-state index contributed by atoms with van der Waals surface area (Å²) in [5.74, 6) is 1.70. The molecule has 0 radical (unpaired) electrons. The molecule has 1 fully saturated rings. The molecule has 1 aliphatic heterocycles. The molecule has 27 heavy (non-hydrogen) atoms. The minimum atomic E-state index is -0.0954. The topological polar surface area (TPSA) is 51.2 Å². The van der Waals surface area contributed by atoms with E-state index >= 15 is 0 Å². The highest BCUT2D eigenvalue weighted by Gasteiger charge is 2.28. The number of piperazine rings is 1. The van der Waals surface area contributed by atoms with Gasteiger partial charge in [0.05, 0.1) is 27.0 Å². The molecule has 1 saturated heterocycles. The van der Waals surface area contributed by atoms with E-state index in [-0.39, 0.29) is 5.91 Å². The van der Waals surface area contributed by atoms with Crippen LogP contribution in [0.15, 0.2) is 36.4 Å². The van der Waals surface area contributed by atoms with Crippen LogP contribution in [-0.2, 0) is 0 Å². The van der Waals surface area contributed by atoms with E-state index in [0.29, 0.717) is 48.3 Å². The van der Waals surface area contributed by atoms with Gasteiger partial charge in [-0.15, -0.1) is 0 Å². The molecule has 3 rings (SSSR count). The highest BCUT2D eigenvalue weighted by Crippen LogP contribution is 2.33. The van der Waals surface area contributed by atoms with Crippen molar-refractivity contribution in [2.45, 2.75) is 0 Å². The minimum Gasteiger partial charge on any atom is -0.496 e. The number of benzene rings is 2. The van der Waals surface area contributed by atoms with Gasteiger partial charge in [0, 0.05) is 31.2 Å². The van der Waals surface area contributed by atoms with Crippen molar-refractivity contribution in [3.63, 3.8) is 0 Å². The van der Waals surface area contributed by atoms with E-state index in [4.69, 9.17) is 25.8 Å². The molecule has 0 aliphatic carbocycles. The minimum absolute atomic E-state index is 0.0954. The lowest BCUT2D eigenvalue weighted by molar-refractivity contribution is 0.0739. The first-order valence-electron chi connectivity index (χ1n) is 8.67. The molecule has 1 aliphatic rings. The van der Waals surface area contributed by atoms with Crippen LogP contribution < -0.4 is 19.1 Å². The molecule has 2 aromatic carbocycles. The van der Waals surface area contributed by atoms with E-state index in [2.05, 4.69) is 4.90 Å². The predicted molar refractivity (Wildman–Crippen MR) is 106 cm³/mol. The maximum absolute atomic E-state index is 13.1. The molecule has 0 spiro atoms. The summed E-state index contributed by atoms with van der Waals surface area (Å²) in [7, 11) is 4.74. The van der Waals surface area contributed by atoms with Gasteiger partial charge in [-0.3, -0.25) is 4.79 Å². The molecule has 7 heteroatoms. The van der Waals surface area contributed by atoms with Crippen LogP contribution in [0.4, 0.5) is 5.69 Å². The summed E-state index contributed by atoms with van der Waals surface area (Å²) in [6.45, 7) is 2.52. The van der Waals surface area contributed by atoms with E-state index in [0.717, 1.165) is 11.4 Å². The summed E-state index contributed by atoms with van der Waals surface area (Å²) in [4.78, 5) is 17.1. The Kier molecular flexibility index (Phi) is 5.96. The van der Waals surface area contributed by atoms with Crippen LogP contribution in [0, 0.1) is 0 Å². The average Bonchev–Trinajstić information content (AvgIpc) is 2.72. The van der Waals surface area contributed by atoms with Crippen LogP contribution in [0.3, 0.4) is 0 Å². The number of anilines is 1. The number of methoxy groups -OCH3 is 3. The number of amides is 1. The van der Waals surface area contributed by atoms with Crippen molar-refractivity contribution in [2.75, 3.05) is 52.4 Å². The van der Waals surface area contributed by atoms with Crippen molar-refractivity contribution in [3.8, 4) is 17.2 Å². The zero-order chi connectivity index (χ0) is 19.4. The highest BCUT2D eigenvalue weighted by atomic mass is 35.5. The van der Waals surface area contributed by atoms with Crippen molar-refractivity contribution >= 4 is 23.2 Å². The summed E-state index contributed by atoms with van der Waals surface area (Å²) in [5, 5.41) is 0.656. The quantitative estimate of drug-likeness (QED) is 0.783. The van der Waals surface area contributed by atoms with Gasteiger partial charge < -0.3 is 24.0 Å². The molecule has 144 valence electrons. The summed E-state index contributed by atoms with van der Waals surface area (Å²) in [6.07, 6.45) is 0. The number of hydrogen-bond donors (Lipinski definition) is 0. The molecule has 0 atom stereocenters. The lowest BCUT2D eigenvalue weighted by Gasteiger charge is -2.37. The Morgan fingerprint density at radius 3 is 2.04 bits per heavy atom. The third kappa shape index (κ3) is 3.90. The first-order chi connectivity index (χ1) is 13.1. The van der Waals surface area contributed by atoms with Crippen LogP contribution in [0.25, 0.3) is 0 Å². The van der Waals surface area contributed by atoms with E-state index in [1.165, 1.54) is 0 Å². The smallest absolute Gasteiger partial charge is 0.261 e.